The lowest BCUT2D eigenvalue weighted by molar-refractivity contribution is -0.101. The lowest BCUT2D eigenvalue weighted by Crippen LogP contribution is -2.63. The highest BCUT2D eigenvalue weighted by atomic mass is 16.5. The molecule has 2 saturated heterocycles. The van der Waals surface area contributed by atoms with Crippen molar-refractivity contribution in [3.63, 3.8) is 0 Å². The van der Waals surface area contributed by atoms with E-state index in [4.69, 9.17) is 10.5 Å². The first-order chi connectivity index (χ1) is 8.63. The Morgan fingerprint density at radius 1 is 1.26 bits per heavy atom. The first kappa shape index (κ1) is 15.2. The summed E-state index contributed by atoms with van der Waals surface area (Å²) >= 11 is 0. The summed E-state index contributed by atoms with van der Waals surface area (Å²) in [6, 6.07) is 0.642. The average molecular weight is 269 g/mol. The van der Waals surface area contributed by atoms with Gasteiger partial charge in [-0.3, -0.25) is 4.90 Å². The lowest BCUT2D eigenvalue weighted by atomic mass is 9.77. The predicted octanol–water partition coefficient (Wildman–Crippen LogP) is 1.30. The van der Waals surface area contributed by atoms with Crippen LogP contribution in [-0.2, 0) is 4.74 Å². The van der Waals surface area contributed by atoms with E-state index in [2.05, 4.69) is 51.6 Å². The number of hydrogen-bond donors (Lipinski definition) is 1. The molecule has 19 heavy (non-hydrogen) atoms. The van der Waals surface area contributed by atoms with Gasteiger partial charge in [0.05, 0.1) is 16.7 Å². The van der Waals surface area contributed by atoms with Crippen molar-refractivity contribution < 1.29 is 4.74 Å². The van der Waals surface area contributed by atoms with Gasteiger partial charge in [-0.05, 0) is 54.6 Å². The highest BCUT2D eigenvalue weighted by Crippen LogP contribution is 2.48. The van der Waals surface area contributed by atoms with Crippen LogP contribution in [0.15, 0.2) is 0 Å². The molecule has 0 bridgehead atoms. The maximum atomic E-state index is 6.32. The number of likely N-dealkylation sites (N-methyl/N-ethyl adjacent to an activating group) is 1. The monoisotopic (exact) mass is 269 g/mol. The van der Waals surface area contributed by atoms with Gasteiger partial charge < -0.3 is 15.4 Å². The van der Waals surface area contributed by atoms with Crippen LogP contribution in [0.25, 0.3) is 0 Å². The molecule has 4 heteroatoms. The van der Waals surface area contributed by atoms with E-state index in [1.54, 1.807) is 0 Å². The molecule has 112 valence electrons. The molecule has 0 radical (unpaired) electrons. The molecule has 0 aliphatic carbocycles. The van der Waals surface area contributed by atoms with Crippen LogP contribution in [0.5, 0.6) is 0 Å². The highest BCUT2D eigenvalue weighted by molar-refractivity contribution is 5.14. The number of hydrogen-bond acceptors (Lipinski definition) is 4. The Kier molecular flexibility index (Phi) is 3.76. The molecule has 2 N–H and O–H groups in total. The summed E-state index contributed by atoms with van der Waals surface area (Å²) in [5, 5.41) is 0. The third-order valence-electron chi connectivity index (χ3n) is 5.21. The Morgan fingerprint density at radius 3 is 2.26 bits per heavy atom. The second kappa shape index (κ2) is 4.69. The van der Waals surface area contributed by atoms with Gasteiger partial charge in [-0.2, -0.15) is 0 Å². The normalized spacial score (nSPS) is 38.2. The molecule has 2 rings (SSSR count). The van der Waals surface area contributed by atoms with Crippen molar-refractivity contribution in [2.45, 2.75) is 63.3 Å². The maximum absolute atomic E-state index is 6.32. The van der Waals surface area contributed by atoms with Crippen LogP contribution in [-0.4, -0.2) is 66.3 Å². The molecule has 2 atom stereocenters. The molecule has 0 aromatic rings. The van der Waals surface area contributed by atoms with E-state index in [9.17, 15) is 0 Å². The maximum Gasteiger partial charge on any atom is 0.0830 e. The molecule has 0 saturated carbocycles. The Morgan fingerprint density at radius 2 is 1.89 bits per heavy atom. The van der Waals surface area contributed by atoms with Gasteiger partial charge in [0.25, 0.3) is 0 Å². The zero-order chi connectivity index (χ0) is 14.5. The molecule has 4 nitrogen and oxygen atoms in total. The molecule has 0 aromatic carbocycles. The zero-order valence-electron chi connectivity index (χ0n) is 13.5. The Labute approximate surface area is 118 Å². The summed E-state index contributed by atoms with van der Waals surface area (Å²) < 4.78 is 6.32. The number of nitrogens with zero attached hydrogens (tertiary/aromatic N) is 2. The van der Waals surface area contributed by atoms with E-state index < -0.39 is 0 Å². The van der Waals surface area contributed by atoms with Gasteiger partial charge in [-0.25, -0.2) is 0 Å². The molecular weight excluding hydrogens is 238 g/mol. The van der Waals surface area contributed by atoms with Gasteiger partial charge >= 0.3 is 0 Å². The molecular formula is C15H31N3O. The van der Waals surface area contributed by atoms with Crippen molar-refractivity contribution in [2.24, 2.45) is 5.73 Å². The third-order valence-corrected chi connectivity index (χ3v) is 5.21. The van der Waals surface area contributed by atoms with Gasteiger partial charge in [0.15, 0.2) is 0 Å². The van der Waals surface area contributed by atoms with Gasteiger partial charge in [0.1, 0.15) is 0 Å². The smallest absolute Gasteiger partial charge is 0.0830 e. The quantitative estimate of drug-likeness (QED) is 0.838. The van der Waals surface area contributed by atoms with Crippen LogP contribution in [0.2, 0.25) is 0 Å². The zero-order valence-corrected chi connectivity index (χ0v) is 13.5. The minimum Gasteiger partial charge on any atom is -0.368 e. The lowest BCUT2D eigenvalue weighted by Gasteiger charge is -2.46. The van der Waals surface area contributed by atoms with Crippen molar-refractivity contribution in [1.29, 1.82) is 0 Å². The van der Waals surface area contributed by atoms with Crippen LogP contribution in [0.4, 0.5) is 0 Å². The topological polar surface area (TPSA) is 41.7 Å². The third kappa shape index (κ3) is 2.44. The van der Waals surface area contributed by atoms with Crippen LogP contribution in [0.1, 0.15) is 40.5 Å². The van der Waals surface area contributed by atoms with E-state index in [0.29, 0.717) is 12.6 Å². The van der Waals surface area contributed by atoms with Crippen molar-refractivity contribution in [1.82, 2.24) is 9.80 Å². The predicted molar refractivity (Wildman–Crippen MR) is 79.3 cm³/mol. The molecule has 2 fully saturated rings. The molecule has 2 aliphatic rings. The Hall–Kier alpha value is -0.160. The molecule has 0 aromatic heterocycles. The van der Waals surface area contributed by atoms with Crippen molar-refractivity contribution in [3.05, 3.63) is 0 Å². The van der Waals surface area contributed by atoms with E-state index >= 15 is 0 Å². The standard InChI is InChI=1S/C15H31N3O/c1-13(2)10-15(11-16,14(3,4)19-13)18-8-7-12(9-18)17(5)6/h12H,7-11,16H2,1-6H3. The summed E-state index contributed by atoms with van der Waals surface area (Å²) in [6.45, 7) is 11.7. The van der Waals surface area contributed by atoms with Crippen molar-refractivity contribution in [2.75, 3.05) is 33.7 Å². The fourth-order valence-electron chi connectivity index (χ4n) is 4.23. The second-order valence-corrected chi connectivity index (χ2v) is 7.64. The second-order valence-electron chi connectivity index (χ2n) is 7.64. The summed E-state index contributed by atoms with van der Waals surface area (Å²) in [4.78, 5) is 4.92. The van der Waals surface area contributed by atoms with Crippen molar-refractivity contribution in [3.8, 4) is 0 Å². The Bertz CT molecular complexity index is 340. The summed E-state index contributed by atoms with van der Waals surface area (Å²) in [6.07, 6.45) is 2.24. The van der Waals surface area contributed by atoms with Gasteiger partial charge in [0.2, 0.25) is 0 Å². The molecule has 2 aliphatic heterocycles. The first-order valence-corrected chi connectivity index (χ1v) is 7.45. The minimum atomic E-state index is -0.188. The van der Waals surface area contributed by atoms with Gasteiger partial charge in [-0.15, -0.1) is 0 Å². The largest absolute Gasteiger partial charge is 0.368 e. The first-order valence-electron chi connectivity index (χ1n) is 7.45. The van der Waals surface area contributed by atoms with E-state index in [0.717, 1.165) is 19.5 Å². The number of ether oxygens (including phenoxy) is 1. The number of rotatable bonds is 3. The molecule has 2 heterocycles. The fourth-order valence-corrected chi connectivity index (χ4v) is 4.23. The Balaban J connectivity index is 2.24. The van der Waals surface area contributed by atoms with Gasteiger partial charge in [-0.1, -0.05) is 0 Å². The van der Waals surface area contributed by atoms with Gasteiger partial charge in [0, 0.05) is 25.7 Å². The van der Waals surface area contributed by atoms with E-state index in [-0.39, 0.29) is 16.7 Å². The summed E-state index contributed by atoms with van der Waals surface area (Å²) in [5.74, 6) is 0. The summed E-state index contributed by atoms with van der Waals surface area (Å²) in [5.41, 5.74) is 5.93. The molecule has 0 amide bonds. The number of nitrogens with two attached hydrogens (primary N) is 1. The molecule has 0 spiro atoms. The van der Waals surface area contributed by atoms with Crippen LogP contribution in [0, 0.1) is 0 Å². The van der Waals surface area contributed by atoms with Crippen LogP contribution < -0.4 is 5.73 Å². The number of likely N-dealkylation sites (tertiary alicyclic amines) is 1. The molecule has 2 unspecified atom stereocenters. The fraction of sp³-hybridized carbons (Fsp3) is 1.00. The van der Waals surface area contributed by atoms with E-state index in [1.807, 2.05) is 0 Å². The minimum absolute atomic E-state index is 0.0265. The van der Waals surface area contributed by atoms with Crippen LogP contribution >= 0.6 is 0 Å². The summed E-state index contributed by atoms with van der Waals surface area (Å²) in [7, 11) is 4.34. The SMILES string of the molecule is CN(C)C1CCN(C2(CN)CC(C)(C)OC2(C)C)C1. The van der Waals surface area contributed by atoms with E-state index in [1.165, 1.54) is 6.42 Å². The average Bonchev–Trinajstić information content (AvgIpc) is 2.79. The highest BCUT2D eigenvalue weighted by Gasteiger charge is 2.60. The van der Waals surface area contributed by atoms with Crippen molar-refractivity contribution >= 4 is 0 Å². The van der Waals surface area contributed by atoms with Crippen LogP contribution in [0.3, 0.4) is 0 Å².